The van der Waals surface area contributed by atoms with Crippen LogP contribution in [0, 0.1) is 0 Å². The Morgan fingerprint density at radius 3 is 2.52 bits per heavy atom. The molecule has 2 aromatic carbocycles. The first-order valence-electron chi connectivity index (χ1n) is 8.32. The number of hydrogen-bond acceptors (Lipinski definition) is 4. The van der Waals surface area contributed by atoms with Crippen LogP contribution in [-0.4, -0.2) is 33.4 Å². The largest absolute Gasteiger partial charge is 0.436 e. The van der Waals surface area contributed by atoms with Crippen molar-refractivity contribution < 1.29 is 36.3 Å². The van der Waals surface area contributed by atoms with Crippen molar-refractivity contribution >= 4 is 34.5 Å². The van der Waals surface area contributed by atoms with Crippen molar-refractivity contribution in [1.29, 1.82) is 0 Å². The molecule has 1 aliphatic heterocycles. The molecule has 2 atom stereocenters. The molecule has 1 heterocycles. The SMILES string of the molecule is O=C(Nc1cccc(C(F)(F)F)c1)O[C@H]1CCN(c2ccc(S(=O)O)cc2)C1=O. The summed E-state index contributed by atoms with van der Waals surface area (Å²) in [5.41, 5.74) is -0.570. The number of carbonyl (C=O) groups is 2. The van der Waals surface area contributed by atoms with Gasteiger partial charge in [0.05, 0.1) is 10.5 Å². The van der Waals surface area contributed by atoms with Gasteiger partial charge in [0.1, 0.15) is 0 Å². The average Bonchev–Trinajstić information content (AvgIpc) is 3.01. The molecule has 29 heavy (non-hydrogen) atoms. The molecule has 3 rings (SSSR count). The lowest BCUT2D eigenvalue weighted by molar-refractivity contribution is -0.137. The van der Waals surface area contributed by atoms with Gasteiger partial charge in [-0.3, -0.25) is 10.1 Å². The van der Waals surface area contributed by atoms with Gasteiger partial charge in [0, 0.05) is 24.3 Å². The summed E-state index contributed by atoms with van der Waals surface area (Å²) in [7, 11) is 0. The Morgan fingerprint density at radius 2 is 1.90 bits per heavy atom. The zero-order chi connectivity index (χ0) is 21.2. The van der Waals surface area contributed by atoms with E-state index in [1.54, 1.807) is 0 Å². The minimum atomic E-state index is -4.55. The van der Waals surface area contributed by atoms with Crippen LogP contribution in [0.25, 0.3) is 0 Å². The molecule has 2 amide bonds. The van der Waals surface area contributed by atoms with Gasteiger partial charge in [-0.15, -0.1) is 0 Å². The number of nitrogens with zero attached hydrogens (tertiary/aromatic N) is 1. The van der Waals surface area contributed by atoms with Crippen molar-refractivity contribution in [3.05, 3.63) is 54.1 Å². The van der Waals surface area contributed by atoms with Crippen LogP contribution < -0.4 is 10.2 Å². The molecule has 1 fully saturated rings. The van der Waals surface area contributed by atoms with E-state index in [9.17, 15) is 27.0 Å². The van der Waals surface area contributed by atoms with Crippen molar-refractivity contribution in [2.24, 2.45) is 0 Å². The first-order valence-corrected chi connectivity index (χ1v) is 9.43. The number of hydrogen-bond donors (Lipinski definition) is 2. The van der Waals surface area contributed by atoms with E-state index in [-0.39, 0.29) is 23.5 Å². The summed E-state index contributed by atoms with van der Waals surface area (Å²) >= 11 is -2.14. The maximum absolute atomic E-state index is 12.7. The molecule has 1 saturated heterocycles. The fourth-order valence-electron chi connectivity index (χ4n) is 2.81. The second-order valence-corrected chi connectivity index (χ2v) is 7.09. The van der Waals surface area contributed by atoms with Crippen molar-refractivity contribution in [3.8, 4) is 0 Å². The topological polar surface area (TPSA) is 95.9 Å². The van der Waals surface area contributed by atoms with E-state index in [4.69, 9.17) is 9.29 Å². The predicted molar refractivity (Wildman–Crippen MR) is 97.8 cm³/mol. The number of halogens is 3. The molecule has 0 saturated carbocycles. The summed E-state index contributed by atoms with van der Waals surface area (Å²) in [4.78, 5) is 26.0. The Hall–Kier alpha value is -2.92. The van der Waals surface area contributed by atoms with Gasteiger partial charge < -0.3 is 14.2 Å². The fourth-order valence-corrected chi connectivity index (χ4v) is 3.18. The summed E-state index contributed by atoms with van der Waals surface area (Å²) < 4.78 is 63.3. The number of anilines is 2. The molecule has 0 radical (unpaired) electrons. The second kappa shape index (κ2) is 8.21. The minimum absolute atomic E-state index is 0.111. The van der Waals surface area contributed by atoms with Gasteiger partial charge >= 0.3 is 12.3 Å². The van der Waals surface area contributed by atoms with E-state index in [2.05, 4.69) is 5.32 Å². The first-order chi connectivity index (χ1) is 13.6. The van der Waals surface area contributed by atoms with E-state index < -0.39 is 40.9 Å². The smallest absolute Gasteiger partial charge is 0.416 e. The van der Waals surface area contributed by atoms with Gasteiger partial charge in [0.15, 0.2) is 17.2 Å². The number of alkyl halides is 3. The highest BCUT2D eigenvalue weighted by molar-refractivity contribution is 7.79. The molecular formula is C18H15F3N2O5S. The molecule has 0 spiro atoms. The van der Waals surface area contributed by atoms with E-state index in [1.807, 2.05) is 0 Å². The van der Waals surface area contributed by atoms with Gasteiger partial charge in [-0.25, -0.2) is 9.00 Å². The summed E-state index contributed by atoms with van der Waals surface area (Å²) in [5.74, 6) is -0.498. The summed E-state index contributed by atoms with van der Waals surface area (Å²) in [6, 6.07) is 9.82. The van der Waals surface area contributed by atoms with Crippen LogP contribution in [-0.2, 0) is 26.8 Å². The highest BCUT2D eigenvalue weighted by Crippen LogP contribution is 2.31. The summed E-state index contributed by atoms with van der Waals surface area (Å²) in [5, 5.41) is 2.18. The lowest BCUT2D eigenvalue weighted by atomic mass is 10.2. The zero-order valence-corrected chi connectivity index (χ0v) is 15.5. The molecule has 1 unspecified atom stereocenters. The van der Waals surface area contributed by atoms with Gasteiger partial charge in [-0.05, 0) is 42.5 Å². The van der Waals surface area contributed by atoms with Crippen LogP contribution in [0.2, 0.25) is 0 Å². The number of rotatable bonds is 4. The zero-order valence-electron chi connectivity index (χ0n) is 14.7. The maximum Gasteiger partial charge on any atom is 0.416 e. The summed E-state index contributed by atoms with van der Waals surface area (Å²) in [6.45, 7) is 0.252. The predicted octanol–water partition coefficient (Wildman–Crippen LogP) is 3.64. The third-order valence-corrected chi connectivity index (χ3v) is 4.87. The van der Waals surface area contributed by atoms with Crippen LogP contribution in [0.3, 0.4) is 0 Å². The number of amides is 2. The number of nitrogens with one attached hydrogen (secondary N) is 1. The van der Waals surface area contributed by atoms with E-state index in [1.165, 1.54) is 35.2 Å². The van der Waals surface area contributed by atoms with Crippen molar-refractivity contribution in [1.82, 2.24) is 0 Å². The minimum Gasteiger partial charge on any atom is -0.436 e. The molecule has 2 N–H and O–H groups in total. The molecule has 2 aromatic rings. The van der Waals surface area contributed by atoms with Crippen molar-refractivity contribution in [2.75, 3.05) is 16.8 Å². The molecule has 0 aromatic heterocycles. The number of benzene rings is 2. The third kappa shape index (κ3) is 4.93. The molecule has 1 aliphatic rings. The van der Waals surface area contributed by atoms with Gasteiger partial charge in [-0.2, -0.15) is 13.2 Å². The third-order valence-electron chi connectivity index (χ3n) is 4.19. The lowest BCUT2D eigenvalue weighted by Gasteiger charge is -2.17. The highest BCUT2D eigenvalue weighted by atomic mass is 32.2. The maximum atomic E-state index is 12.7. The monoisotopic (exact) mass is 428 g/mol. The first kappa shape index (κ1) is 20.8. The van der Waals surface area contributed by atoms with Crippen LogP contribution in [0.4, 0.5) is 29.3 Å². The average molecular weight is 428 g/mol. The van der Waals surface area contributed by atoms with Crippen LogP contribution >= 0.6 is 0 Å². The standard InChI is InChI=1S/C18H15F3N2O5S/c19-18(20,21)11-2-1-3-12(10-11)22-17(25)28-15-8-9-23(16(15)24)13-4-6-14(7-5-13)29(26)27/h1-7,10,15H,8-9H2,(H,22,25)(H,26,27)/t15-/m0/s1. The summed E-state index contributed by atoms with van der Waals surface area (Å²) in [6.07, 6.45) is -6.49. The van der Waals surface area contributed by atoms with Gasteiger partial charge in [0.2, 0.25) is 0 Å². The Balaban J connectivity index is 1.62. The molecule has 154 valence electrons. The normalized spacial score (nSPS) is 17.9. The number of ether oxygens (including phenoxy) is 1. The Labute approximate surface area is 165 Å². The Bertz CT molecular complexity index is 949. The fraction of sp³-hybridized carbons (Fsp3) is 0.222. The highest BCUT2D eigenvalue weighted by Gasteiger charge is 2.36. The Kier molecular flexibility index (Phi) is 5.89. The van der Waals surface area contributed by atoms with Crippen molar-refractivity contribution in [3.63, 3.8) is 0 Å². The second-order valence-electron chi connectivity index (χ2n) is 6.12. The van der Waals surface area contributed by atoms with Crippen LogP contribution in [0.1, 0.15) is 12.0 Å². The van der Waals surface area contributed by atoms with E-state index in [0.717, 1.165) is 18.2 Å². The van der Waals surface area contributed by atoms with E-state index in [0.29, 0.717) is 5.69 Å². The molecule has 7 nitrogen and oxygen atoms in total. The molecule has 0 bridgehead atoms. The number of carbonyl (C=O) groups excluding carboxylic acids is 2. The van der Waals surface area contributed by atoms with E-state index >= 15 is 0 Å². The Morgan fingerprint density at radius 1 is 1.21 bits per heavy atom. The van der Waals surface area contributed by atoms with Gasteiger partial charge in [-0.1, -0.05) is 6.07 Å². The van der Waals surface area contributed by atoms with Crippen molar-refractivity contribution in [2.45, 2.75) is 23.6 Å². The van der Waals surface area contributed by atoms with Crippen LogP contribution in [0.15, 0.2) is 53.4 Å². The quantitative estimate of drug-likeness (QED) is 0.725. The lowest BCUT2D eigenvalue weighted by Crippen LogP contribution is -2.33. The van der Waals surface area contributed by atoms with Gasteiger partial charge in [0.25, 0.3) is 5.91 Å². The van der Waals surface area contributed by atoms with Crippen LogP contribution in [0.5, 0.6) is 0 Å². The molecule has 11 heteroatoms. The molecular weight excluding hydrogens is 413 g/mol. The molecule has 0 aliphatic carbocycles.